The summed E-state index contributed by atoms with van der Waals surface area (Å²) in [5.74, 6) is 0.627. The van der Waals surface area contributed by atoms with Gasteiger partial charge in [0.05, 0.1) is 10.9 Å². The lowest BCUT2D eigenvalue weighted by molar-refractivity contribution is -0.120. The zero-order chi connectivity index (χ0) is 13.9. The van der Waals surface area contributed by atoms with E-state index in [-0.39, 0.29) is 11.7 Å². The van der Waals surface area contributed by atoms with Crippen LogP contribution in [-0.4, -0.2) is 20.9 Å². The van der Waals surface area contributed by atoms with E-state index in [1.54, 1.807) is 18.3 Å². The quantitative estimate of drug-likeness (QED) is 0.793. The Morgan fingerprint density at radius 3 is 3.05 bits per heavy atom. The standard InChI is InChI=1S/C14H14ClN3O2/c15-10-6-4-8-16-12(10)13-17-14(20-18-13)9-5-2-1-3-7-11(9)19/h4,6,8-9H,1-3,5,7H2. The van der Waals surface area contributed by atoms with Crippen LogP contribution in [0.15, 0.2) is 22.9 Å². The monoisotopic (exact) mass is 291 g/mol. The van der Waals surface area contributed by atoms with Gasteiger partial charge in [0.2, 0.25) is 11.7 Å². The van der Waals surface area contributed by atoms with E-state index in [9.17, 15) is 4.79 Å². The zero-order valence-electron chi connectivity index (χ0n) is 10.9. The normalized spacial score (nSPS) is 19.9. The summed E-state index contributed by atoms with van der Waals surface area (Å²) in [6.07, 6.45) is 6.02. The Kier molecular flexibility index (Phi) is 3.78. The lowest BCUT2D eigenvalue weighted by Crippen LogP contribution is -2.10. The predicted molar refractivity (Wildman–Crippen MR) is 73.4 cm³/mol. The molecule has 5 nitrogen and oxygen atoms in total. The molecule has 0 radical (unpaired) electrons. The third kappa shape index (κ3) is 2.58. The van der Waals surface area contributed by atoms with Gasteiger partial charge < -0.3 is 4.52 Å². The number of hydrogen-bond donors (Lipinski definition) is 0. The van der Waals surface area contributed by atoms with Crippen molar-refractivity contribution in [2.24, 2.45) is 0 Å². The average Bonchev–Trinajstić information content (AvgIpc) is 2.82. The van der Waals surface area contributed by atoms with Gasteiger partial charge in [0.1, 0.15) is 11.5 Å². The van der Waals surface area contributed by atoms with Crippen molar-refractivity contribution in [3.63, 3.8) is 0 Å². The van der Waals surface area contributed by atoms with Gasteiger partial charge >= 0.3 is 0 Å². The molecule has 1 fully saturated rings. The van der Waals surface area contributed by atoms with E-state index in [2.05, 4.69) is 15.1 Å². The van der Waals surface area contributed by atoms with Crippen LogP contribution < -0.4 is 0 Å². The van der Waals surface area contributed by atoms with Crippen LogP contribution >= 0.6 is 11.6 Å². The average molecular weight is 292 g/mol. The first kappa shape index (κ1) is 13.2. The number of carbonyl (C=O) groups is 1. The Morgan fingerprint density at radius 2 is 2.20 bits per heavy atom. The van der Waals surface area contributed by atoms with Gasteiger partial charge in [0.15, 0.2) is 0 Å². The van der Waals surface area contributed by atoms with Crippen LogP contribution in [0.3, 0.4) is 0 Å². The first-order valence-electron chi connectivity index (χ1n) is 6.73. The van der Waals surface area contributed by atoms with Crippen LogP contribution in [0.4, 0.5) is 0 Å². The molecule has 2 heterocycles. The number of Topliss-reactive ketones (excluding diaryl/α,β-unsaturated/α-hetero) is 1. The second-order valence-electron chi connectivity index (χ2n) is 4.91. The largest absolute Gasteiger partial charge is 0.338 e. The number of aromatic nitrogens is 3. The Balaban J connectivity index is 1.90. The second-order valence-corrected chi connectivity index (χ2v) is 5.32. The summed E-state index contributed by atoms with van der Waals surface area (Å²) >= 11 is 6.06. The lowest BCUT2D eigenvalue weighted by atomic mass is 9.99. The molecular weight excluding hydrogens is 278 g/mol. The molecule has 0 aromatic carbocycles. The summed E-state index contributed by atoms with van der Waals surface area (Å²) in [4.78, 5) is 20.5. The molecule has 6 heteroatoms. The van der Waals surface area contributed by atoms with E-state index < -0.39 is 0 Å². The van der Waals surface area contributed by atoms with E-state index in [0.29, 0.717) is 28.9 Å². The van der Waals surface area contributed by atoms with Crippen molar-refractivity contribution < 1.29 is 9.32 Å². The fraction of sp³-hybridized carbons (Fsp3) is 0.429. The Bertz CT molecular complexity index is 626. The Labute approximate surface area is 121 Å². The van der Waals surface area contributed by atoms with Crippen molar-refractivity contribution in [2.45, 2.75) is 38.0 Å². The second kappa shape index (κ2) is 5.71. The molecule has 0 N–H and O–H groups in total. The highest BCUT2D eigenvalue weighted by Crippen LogP contribution is 2.30. The smallest absolute Gasteiger partial charge is 0.237 e. The molecule has 3 rings (SSSR count). The molecular formula is C14H14ClN3O2. The van der Waals surface area contributed by atoms with Crippen molar-refractivity contribution in [3.05, 3.63) is 29.2 Å². The van der Waals surface area contributed by atoms with Crippen LogP contribution in [0.5, 0.6) is 0 Å². The number of halogens is 1. The Hall–Kier alpha value is -1.75. The zero-order valence-corrected chi connectivity index (χ0v) is 11.6. The van der Waals surface area contributed by atoms with Crippen LogP contribution in [-0.2, 0) is 4.79 Å². The van der Waals surface area contributed by atoms with E-state index in [0.717, 1.165) is 25.7 Å². The predicted octanol–water partition coefficient (Wildman–Crippen LogP) is 3.40. The van der Waals surface area contributed by atoms with E-state index in [4.69, 9.17) is 16.1 Å². The first-order chi connectivity index (χ1) is 9.75. The number of pyridine rings is 1. The number of nitrogens with zero attached hydrogens (tertiary/aromatic N) is 3. The molecule has 1 unspecified atom stereocenters. The van der Waals surface area contributed by atoms with E-state index in [1.807, 2.05) is 0 Å². The SMILES string of the molecule is O=C1CCCCCC1c1nc(-c2ncccc2Cl)no1. The minimum absolute atomic E-state index is 0.185. The van der Waals surface area contributed by atoms with Crippen molar-refractivity contribution in [3.8, 4) is 11.5 Å². The van der Waals surface area contributed by atoms with Gasteiger partial charge in [-0.25, -0.2) is 0 Å². The number of carbonyl (C=O) groups excluding carboxylic acids is 1. The van der Waals surface area contributed by atoms with Gasteiger partial charge in [-0.05, 0) is 25.0 Å². The van der Waals surface area contributed by atoms with Gasteiger partial charge in [-0.3, -0.25) is 9.78 Å². The molecule has 0 spiro atoms. The molecule has 1 aliphatic carbocycles. The van der Waals surface area contributed by atoms with Crippen LogP contribution in [0.1, 0.15) is 43.9 Å². The summed E-state index contributed by atoms with van der Waals surface area (Å²) in [7, 11) is 0. The van der Waals surface area contributed by atoms with Crippen LogP contribution in [0.2, 0.25) is 5.02 Å². The van der Waals surface area contributed by atoms with Gasteiger partial charge in [-0.15, -0.1) is 0 Å². The van der Waals surface area contributed by atoms with Gasteiger partial charge in [0.25, 0.3) is 0 Å². The highest BCUT2D eigenvalue weighted by atomic mass is 35.5. The number of rotatable bonds is 2. The molecule has 2 aromatic heterocycles. The van der Waals surface area contributed by atoms with Gasteiger partial charge in [0, 0.05) is 12.6 Å². The van der Waals surface area contributed by atoms with Crippen LogP contribution in [0.25, 0.3) is 11.5 Å². The maximum atomic E-state index is 12.1. The van der Waals surface area contributed by atoms with E-state index >= 15 is 0 Å². The summed E-state index contributed by atoms with van der Waals surface area (Å²) in [6, 6.07) is 3.46. The van der Waals surface area contributed by atoms with Crippen molar-refractivity contribution >= 4 is 17.4 Å². The van der Waals surface area contributed by atoms with Crippen LogP contribution in [0, 0.1) is 0 Å². The topological polar surface area (TPSA) is 68.9 Å². The third-order valence-corrected chi connectivity index (χ3v) is 3.82. The summed E-state index contributed by atoms with van der Waals surface area (Å²) in [5.41, 5.74) is 0.477. The fourth-order valence-corrected chi connectivity index (χ4v) is 2.65. The lowest BCUT2D eigenvalue weighted by Gasteiger charge is -2.06. The maximum Gasteiger partial charge on any atom is 0.237 e. The first-order valence-corrected chi connectivity index (χ1v) is 7.10. The summed E-state index contributed by atoms with van der Waals surface area (Å²) in [6.45, 7) is 0. The molecule has 2 aromatic rings. The minimum Gasteiger partial charge on any atom is -0.338 e. The molecule has 0 amide bonds. The molecule has 0 aliphatic heterocycles. The fourth-order valence-electron chi connectivity index (χ4n) is 2.44. The highest BCUT2D eigenvalue weighted by Gasteiger charge is 2.28. The maximum absolute atomic E-state index is 12.1. The number of hydrogen-bond acceptors (Lipinski definition) is 5. The molecule has 1 saturated carbocycles. The minimum atomic E-state index is -0.277. The molecule has 0 bridgehead atoms. The van der Waals surface area contributed by atoms with Crippen molar-refractivity contribution in [1.82, 2.24) is 15.1 Å². The summed E-state index contributed by atoms with van der Waals surface area (Å²) < 4.78 is 5.26. The van der Waals surface area contributed by atoms with Gasteiger partial charge in [-0.2, -0.15) is 4.98 Å². The Morgan fingerprint density at radius 1 is 1.30 bits per heavy atom. The molecule has 20 heavy (non-hydrogen) atoms. The molecule has 1 atom stereocenters. The molecule has 1 aliphatic rings. The molecule has 104 valence electrons. The van der Waals surface area contributed by atoms with Gasteiger partial charge in [-0.1, -0.05) is 29.6 Å². The summed E-state index contributed by atoms with van der Waals surface area (Å²) in [5, 5.41) is 4.37. The number of ketones is 1. The third-order valence-electron chi connectivity index (χ3n) is 3.51. The van der Waals surface area contributed by atoms with Crippen molar-refractivity contribution in [2.75, 3.05) is 0 Å². The molecule has 0 saturated heterocycles. The highest BCUT2D eigenvalue weighted by molar-refractivity contribution is 6.32. The van der Waals surface area contributed by atoms with E-state index in [1.165, 1.54) is 0 Å². The van der Waals surface area contributed by atoms with Crippen molar-refractivity contribution in [1.29, 1.82) is 0 Å².